The molecule has 0 aliphatic carbocycles. The summed E-state index contributed by atoms with van der Waals surface area (Å²) in [5.41, 5.74) is 0. The molecule has 0 saturated carbocycles. The molecule has 1 rings (SSSR count). The molecule has 0 aromatic heterocycles. The Labute approximate surface area is 85.5 Å². The van der Waals surface area contributed by atoms with Crippen LogP contribution in [0.15, 0.2) is 0 Å². The van der Waals surface area contributed by atoms with E-state index in [-0.39, 0.29) is 5.38 Å². The highest BCUT2D eigenvalue weighted by molar-refractivity contribution is 6.22. The number of hydrogen-bond acceptors (Lipinski definition) is 2. The van der Waals surface area contributed by atoms with Gasteiger partial charge < -0.3 is 4.90 Å². The number of halogens is 1. The van der Waals surface area contributed by atoms with Crippen molar-refractivity contribution in [3.63, 3.8) is 0 Å². The average Bonchev–Trinajstić information content (AvgIpc) is 2.31. The van der Waals surface area contributed by atoms with Gasteiger partial charge >= 0.3 is 0 Å². The molecule has 2 unspecified atom stereocenters. The maximum absolute atomic E-state index is 8.58. The molecule has 3 heteroatoms. The Morgan fingerprint density at radius 1 is 1.54 bits per heavy atom. The van der Waals surface area contributed by atoms with Crippen LogP contribution in [-0.4, -0.2) is 29.9 Å². The number of nitriles is 1. The topological polar surface area (TPSA) is 27.0 Å². The van der Waals surface area contributed by atoms with Crippen molar-refractivity contribution in [2.24, 2.45) is 5.92 Å². The van der Waals surface area contributed by atoms with Crippen LogP contribution in [0.3, 0.4) is 0 Å². The fourth-order valence-corrected chi connectivity index (χ4v) is 1.97. The number of alkyl halides is 1. The normalized spacial score (nSPS) is 27.6. The maximum atomic E-state index is 8.58. The van der Waals surface area contributed by atoms with Crippen LogP contribution in [-0.2, 0) is 0 Å². The van der Waals surface area contributed by atoms with E-state index in [0.717, 1.165) is 25.6 Å². The predicted octanol–water partition coefficient (Wildman–Crippen LogP) is 2.24. The van der Waals surface area contributed by atoms with Crippen LogP contribution < -0.4 is 0 Å². The molecule has 1 saturated heterocycles. The van der Waals surface area contributed by atoms with Crippen molar-refractivity contribution in [1.29, 1.82) is 5.26 Å². The first-order chi connectivity index (χ1) is 6.22. The fraction of sp³-hybridized carbons (Fsp3) is 0.900. The zero-order valence-electron chi connectivity index (χ0n) is 8.17. The van der Waals surface area contributed by atoms with Gasteiger partial charge in [-0.05, 0) is 38.3 Å². The van der Waals surface area contributed by atoms with E-state index in [2.05, 4.69) is 17.9 Å². The van der Waals surface area contributed by atoms with Gasteiger partial charge in [0, 0.05) is 6.54 Å². The SMILES string of the molecule is CC1CCCN(CC(Cl)C#N)CC1. The first-order valence-electron chi connectivity index (χ1n) is 4.98. The maximum Gasteiger partial charge on any atom is 0.133 e. The Kier molecular flexibility index (Phi) is 4.55. The standard InChI is InChI=1S/C10H17ClN2/c1-9-3-2-5-13(6-4-9)8-10(11)7-12/h9-10H,2-6,8H2,1H3. The summed E-state index contributed by atoms with van der Waals surface area (Å²) in [7, 11) is 0. The lowest BCUT2D eigenvalue weighted by atomic mass is 10.0. The van der Waals surface area contributed by atoms with Gasteiger partial charge in [-0.3, -0.25) is 0 Å². The van der Waals surface area contributed by atoms with Crippen LogP contribution in [0.2, 0.25) is 0 Å². The first-order valence-corrected chi connectivity index (χ1v) is 5.42. The van der Waals surface area contributed by atoms with Gasteiger partial charge in [0.1, 0.15) is 5.38 Å². The largest absolute Gasteiger partial charge is 0.301 e. The van der Waals surface area contributed by atoms with E-state index in [9.17, 15) is 0 Å². The molecule has 0 N–H and O–H groups in total. The Balaban J connectivity index is 2.30. The van der Waals surface area contributed by atoms with Gasteiger partial charge in [-0.25, -0.2) is 0 Å². The second-order valence-electron chi connectivity index (χ2n) is 3.93. The van der Waals surface area contributed by atoms with Gasteiger partial charge in [0.2, 0.25) is 0 Å². The highest BCUT2D eigenvalue weighted by Crippen LogP contribution is 2.16. The Morgan fingerprint density at radius 3 is 3.00 bits per heavy atom. The van der Waals surface area contributed by atoms with Crippen LogP contribution in [0.25, 0.3) is 0 Å². The number of likely N-dealkylation sites (tertiary alicyclic amines) is 1. The van der Waals surface area contributed by atoms with Gasteiger partial charge in [-0.1, -0.05) is 6.92 Å². The fourth-order valence-electron chi connectivity index (χ4n) is 1.77. The van der Waals surface area contributed by atoms with Crippen LogP contribution in [0, 0.1) is 17.2 Å². The molecule has 13 heavy (non-hydrogen) atoms. The molecule has 2 atom stereocenters. The highest BCUT2D eigenvalue weighted by Gasteiger charge is 2.15. The molecular weight excluding hydrogens is 184 g/mol. The molecule has 0 spiro atoms. The van der Waals surface area contributed by atoms with Crippen molar-refractivity contribution in [3.8, 4) is 6.07 Å². The lowest BCUT2D eigenvalue weighted by Crippen LogP contribution is -2.30. The Bertz CT molecular complexity index is 188. The van der Waals surface area contributed by atoms with Gasteiger partial charge in [0.25, 0.3) is 0 Å². The van der Waals surface area contributed by atoms with Crippen LogP contribution in [0.4, 0.5) is 0 Å². The van der Waals surface area contributed by atoms with Gasteiger partial charge in [0.05, 0.1) is 6.07 Å². The second kappa shape index (κ2) is 5.47. The number of nitrogens with zero attached hydrogens (tertiary/aromatic N) is 2. The van der Waals surface area contributed by atoms with Gasteiger partial charge in [-0.15, -0.1) is 11.6 Å². The van der Waals surface area contributed by atoms with E-state index in [4.69, 9.17) is 16.9 Å². The molecule has 0 bridgehead atoms. The smallest absolute Gasteiger partial charge is 0.133 e. The summed E-state index contributed by atoms with van der Waals surface area (Å²) in [6.07, 6.45) is 3.81. The van der Waals surface area contributed by atoms with Crippen molar-refractivity contribution in [3.05, 3.63) is 0 Å². The average molecular weight is 201 g/mol. The molecule has 0 amide bonds. The van der Waals surface area contributed by atoms with E-state index < -0.39 is 0 Å². The zero-order chi connectivity index (χ0) is 9.68. The van der Waals surface area contributed by atoms with Crippen molar-refractivity contribution < 1.29 is 0 Å². The van der Waals surface area contributed by atoms with E-state index in [0.29, 0.717) is 0 Å². The molecule has 74 valence electrons. The quantitative estimate of drug-likeness (QED) is 0.640. The summed E-state index contributed by atoms with van der Waals surface area (Å²) in [4.78, 5) is 2.31. The molecular formula is C10H17ClN2. The Hall–Kier alpha value is -0.260. The molecule has 0 aromatic rings. The predicted molar refractivity (Wildman–Crippen MR) is 54.7 cm³/mol. The first kappa shape index (κ1) is 10.8. The third kappa shape index (κ3) is 3.97. The van der Waals surface area contributed by atoms with Crippen molar-refractivity contribution in [1.82, 2.24) is 4.90 Å². The number of rotatable bonds is 2. The minimum Gasteiger partial charge on any atom is -0.301 e. The summed E-state index contributed by atoms with van der Waals surface area (Å²) in [5, 5.41) is 8.24. The lowest BCUT2D eigenvalue weighted by Gasteiger charge is -2.19. The van der Waals surface area contributed by atoms with E-state index in [1.54, 1.807) is 0 Å². The third-order valence-corrected chi connectivity index (χ3v) is 2.90. The van der Waals surface area contributed by atoms with E-state index in [1.165, 1.54) is 19.3 Å². The van der Waals surface area contributed by atoms with Crippen molar-refractivity contribution >= 4 is 11.6 Å². The van der Waals surface area contributed by atoms with E-state index >= 15 is 0 Å². The minimum absolute atomic E-state index is 0.339. The summed E-state index contributed by atoms with van der Waals surface area (Å²) >= 11 is 5.79. The van der Waals surface area contributed by atoms with Crippen molar-refractivity contribution in [2.45, 2.75) is 31.6 Å². The summed E-state index contributed by atoms with van der Waals surface area (Å²) in [5.74, 6) is 0.834. The lowest BCUT2D eigenvalue weighted by molar-refractivity contribution is 0.290. The third-order valence-electron chi connectivity index (χ3n) is 2.67. The molecule has 0 radical (unpaired) electrons. The monoisotopic (exact) mass is 200 g/mol. The molecule has 1 heterocycles. The second-order valence-corrected chi connectivity index (χ2v) is 4.46. The van der Waals surface area contributed by atoms with Crippen LogP contribution in [0.1, 0.15) is 26.2 Å². The Morgan fingerprint density at radius 2 is 2.31 bits per heavy atom. The molecule has 1 aliphatic heterocycles. The van der Waals surface area contributed by atoms with Crippen LogP contribution >= 0.6 is 11.6 Å². The summed E-state index contributed by atoms with van der Waals surface area (Å²) in [6.45, 7) is 5.23. The highest BCUT2D eigenvalue weighted by atomic mass is 35.5. The summed E-state index contributed by atoms with van der Waals surface area (Å²) < 4.78 is 0. The van der Waals surface area contributed by atoms with Crippen molar-refractivity contribution in [2.75, 3.05) is 19.6 Å². The number of hydrogen-bond donors (Lipinski definition) is 0. The van der Waals surface area contributed by atoms with Gasteiger partial charge in [-0.2, -0.15) is 5.26 Å². The zero-order valence-corrected chi connectivity index (χ0v) is 8.93. The van der Waals surface area contributed by atoms with Crippen LogP contribution in [0.5, 0.6) is 0 Å². The molecule has 0 aromatic carbocycles. The molecule has 1 fully saturated rings. The van der Waals surface area contributed by atoms with Gasteiger partial charge in [0.15, 0.2) is 0 Å². The summed E-state index contributed by atoms with van der Waals surface area (Å²) in [6, 6.07) is 2.07. The minimum atomic E-state index is -0.339. The molecule has 1 aliphatic rings. The van der Waals surface area contributed by atoms with E-state index in [1.807, 2.05) is 0 Å². The molecule has 2 nitrogen and oxygen atoms in total.